The van der Waals surface area contributed by atoms with Crippen LogP contribution in [0, 0.1) is 6.92 Å². The number of amides is 2. The second-order valence-electron chi connectivity index (χ2n) is 4.06. The summed E-state index contributed by atoms with van der Waals surface area (Å²) in [4.78, 5) is 23.0. The van der Waals surface area contributed by atoms with E-state index < -0.39 is 11.8 Å². The number of carbonyl (C=O) groups excluding carboxylic acids is 2. The molecule has 5 heteroatoms. The maximum absolute atomic E-state index is 11.6. The zero-order chi connectivity index (χ0) is 13.5. The van der Waals surface area contributed by atoms with Gasteiger partial charge in [0.05, 0.1) is 0 Å². The Hall–Kier alpha value is -2.04. The highest BCUT2D eigenvalue weighted by molar-refractivity contribution is 6.39. The van der Waals surface area contributed by atoms with Gasteiger partial charge in [0.25, 0.3) is 0 Å². The van der Waals surface area contributed by atoms with Gasteiger partial charge in [-0.2, -0.15) is 0 Å². The molecule has 0 aliphatic carbocycles. The second-order valence-corrected chi connectivity index (χ2v) is 4.06. The first-order valence-corrected chi connectivity index (χ1v) is 5.93. The lowest BCUT2D eigenvalue weighted by Gasteiger charge is -2.08. The van der Waals surface area contributed by atoms with Gasteiger partial charge >= 0.3 is 11.8 Å². The number of carbonyl (C=O) groups is 2. The van der Waals surface area contributed by atoms with Gasteiger partial charge in [0.1, 0.15) is 5.75 Å². The number of aryl methyl sites for hydroxylation is 1. The van der Waals surface area contributed by atoms with Crippen molar-refractivity contribution in [1.29, 1.82) is 0 Å². The van der Waals surface area contributed by atoms with Gasteiger partial charge in [-0.25, -0.2) is 0 Å². The van der Waals surface area contributed by atoms with Gasteiger partial charge in [-0.1, -0.05) is 13.3 Å². The fourth-order valence-electron chi connectivity index (χ4n) is 1.43. The molecule has 0 heterocycles. The third-order valence-corrected chi connectivity index (χ3v) is 2.48. The average molecular weight is 250 g/mol. The van der Waals surface area contributed by atoms with Crippen LogP contribution >= 0.6 is 0 Å². The largest absolute Gasteiger partial charge is 0.508 e. The van der Waals surface area contributed by atoms with Crippen molar-refractivity contribution in [2.75, 3.05) is 11.9 Å². The molecule has 0 atom stereocenters. The number of phenols is 1. The van der Waals surface area contributed by atoms with E-state index in [9.17, 15) is 14.7 Å². The van der Waals surface area contributed by atoms with Crippen LogP contribution in [-0.2, 0) is 9.59 Å². The quantitative estimate of drug-likeness (QED) is 0.431. The van der Waals surface area contributed by atoms with Crippen molar-refractivity contribution in [2.24, 2.45) is 0 Å². The molecule has 98 valence electrons. The van der Waals surface area contributed by atoms with Crippen molar-refractivity contribution in [3.05, 3.63) is 23.8 Å². The molecule has 3 N–H and O–H groups in total. The van der Waals surface area contributed by atoms with Crippen molar-refractivity contribution >= 4 is 17.5 Å². The van der Waals surface area contributed by atoms with Gasteiger partial charge < -0.3 is 15.7 Å². The molecule has 1 aromatic carbocycles. The minimum Gasteiger partial charge on any atom is -0.508 e. The molecule has 0 aromatic heterocycles. The molecule has 0 fully saturated rings. The van der Waals surface area contributed by atoms with Crippen LogP contribution in [-0.4, -0.2) is 23.5 Å². The molecule has 0 radical (unpaired) electrons. The van der Waals surface area contributed by atoms with Gasteiger partial charge in [-0.3, -0.25) is 9.59 Å². The van der Waals surface area contributed by atoms with Crippen LogP contribution < -0.4 is 10.6 Å². The first kappa shape index (κ1) is 14.0. The summed E-state index contributed by atoms with van der Waals surface area (Å²) in [5.41, 5.74) is 1.22. The number of phenolic OH excluding ortho intramolecular Hbond substituents is 1. The van der Waals surface area contributed by atoms with Crippen LogP contribution in [0.1, 0.15) is 25.3 Å². The molecule has 0 saturated heterocycles. The van der Waals surface area contributed by atoms with E-state index >= 15 is 0 Å². The summed E-state index contributed by atoms with van der Waals surface area (Å²) in [7, 11) is 0. The summed E-state index contributed by atoms with van der Waals surface area (Å²) in [6.45, 7) is 4.24. The van der Waals surface area contributed by atoms with Crippen LogP contribution in [0.5, 0.6) is 5.75 Å². The van der Waals surface area contributed by atoms with Crippen LogP contribution in [0.4, 0.5) is 5.69 Å². The minimum absolute atomic E-state index is 0.123. The summed E-state index contributed by atoms with van der Waals surface area (Å²) in [5, 5.41) is 14.3. The second kappa shape index (κ2) is 6.64. The van der Waals surface area contributed by atoms with Gasteiger partial charge in [-0.15, -0.1) is 0 Å². The Bertz CT molecular complexity index is 444. The Morgan fingerprint density at radius 2 is 2.00 bits per heavy atom. The molecular formula is C13H18N2O3. The maximum atomic E-state index is 11.6. The van der Waals surface area contributed by atoms with Crippen molar-refractivity contribution < 1.29 is 14.7 Å². The molecule has 1 rings (SSSR count). The number of rotatable bonds is 4. The van der Waals surface area contributed by atoms with Crippen LogP contribution in [0.3, 0.4) is 0 Å². The molecule has 0 bridgehead atoms. The third kappa shape index (κ3) is 4.08. The number of hydrogen-bond donors (Lipinski definition) is 3. The van der Waals surface area contributed by atoms with E-state index in [-0.39, 0.29) is 5.75 Å². The Balaban J connectivity index is 2.56. The Labute approximate surface area is 106 Å². The first-order valence-electron chi connectivity index (χ1n) is 5.93. The fourth-order valence-corrected chi connectivity index (χ4v) is 1.43. The first-order chi connectivity index (χ1) is 8.54. The van der Waals surface area contributed by atoms with Crippen molar-refractivity contribution in [3.8, 4) is 5.75 Å². The standard InChI is InChI=1S/C13H18N2O3/c1-3-4-7-14-12(17)13(18)15-11-6-5-10(16)8-9(11)2/h5-6,8,16H,3-4,7H2,1-2H3,(H,14,17)(H,15,18). The van der Waals surface area contributed by atoms with E-state index in [1.807, 2.05) is 6.92 Å². The lowest BCUT2D eigenvalue weighted by Crippen LogP contribution is -2.36. The minimum atomic E-state index is -0.695. The number of nitrogens with one attached hydrogen (secondary N) is 2. The fraction of sp³-hybridized carbons (Fsp3) is 0.385. The van der Waals surface area contributed by atoms with Crippen LogP contribution in [0.25, 0.3) is 0 Å². The monoisotopic (exact) mass is 250 g/mol. The molecule has 0 aliphatic heterocycles. The summed E-state index contributed by atoms with van der Waals surface area (Å²) in [5.74, 6) is -1.21. The highest BCUT2D eigenvalue weighted by Crippen LogP contribution is 2.19. The van der Waals surface area contributed by atoms with Crippen LogP contribution in [0.15, 0.2) is 18.2 Å². The molecule has 1 aromatic rings. The number of unbranched alkanes of at least 4 members (excludes halogenated alkanes) is 1. The van der Waals surface area contributed by atoms with E-state index in [1.165, 1.54) is 12.1 Å². The van der Waals surface area contributed by atoms with E-state index in [4.69, 9.17) is 0 Å². The van der Waals surface area contributed by atoms with E-state index in [1.54, 1.807) is 13.0 Å². The smallest absolute Gasteiger partial charge is 0.313 e. The van der Waals surface area contributed by atoms with Gasteiger partial charge in [0, 0.05) is 12.2 Å². The summed E-state index contributed by atoms with van der Waals surface area (Å²) in [6.07, 6.45) is 1.80. The van der Waals surface area contributed by atoms with E-state index in [0.717, 1.165) is 12.8 Å². The average Bonchev–Trinajstić information content (AvgIpc) is 2.32. The lowest BCUT2D eigenvalue weighted by molar-refractivity contribution is -0.136. The molecule has 0 aliphatic rings. The van der Waals surface area contributed by atoms with E-state index in [2.05, 4.69) is 10.6 Å². The molecule has 5 nitrogen and oxygen atoms in total. The molecule has 0 saturated carbocycles. The normalized spacial score (nSPS) is 9.89. The Kier molecular flexibility index (Phi) is 5.17. The highest BCUT2D eigenvalue weighted by Gasteiger charge is 2.13. The highest BCUT2D eigenvalue weighted by atomic mass is 16.3. The zero-order valence-corrected chi connectivity index (χ0v) is 10.6. The summed E-state index contributed by atoms with van der Waals surface area (Å²) >= 11 is 0. The predicted molar refractivity (Wildman–Crippen MR) is 69.4 cm³/mol. The number of aromatic hydroxyl groups is 1. The third-order valence-electron chi connectivity index (χ3n) is 2.48. The summed E-state index contributed by atoms with van der Waals surface area (Å²) in [6, 6.07) is 4.53. The lowest BCUT2D eigenvalue weighted by atomic mass is 10.2. The van der Waals surface area contributed by atoms with Crippen molar-refractivity contribution in [2.45, 2.75) is 26.7 Å². The van der Waals surface area contributed by atoms with Crippen LogP contribution in [0.2, 0.25) is 0 Å². The molecule has 18 heavy (non-hydrogen) atoms. The summed E-state index contributed by atoms with van der Waals surface area (Å²) < 4.78 is 0. The van der Waals surface area contributed by atoms with Gasteiger partial charge in [0.15, 0.2) is 0 Å². The van der Waals surface area contributed by atoms with Gasteiger partial charge in [-0.05, 0) is 37.1 Å². The SMILES string of the molecule is CCCCNC(=O)C(=O)Nc1ccc(O)cc1C. The number of anilines is 1. The molecular weight excluding hydrogens is 232 g/mol. The Morgan fingerprint density at radius 1 is 1.28 bits per heavy atom. The Morgan fingerprint density at radius 3 is 2.61 bits per heavy atom. The predicted octanol–water partition coefficient (Wildman–Crippen LogP) is 1.56. The van der Waals surface area contributed by atoms with Crippen molar-refractivity contribution in [1.82, 2.24) is 5.32 Å². The van der Waals surface area contributed by atoms with E-state index in [0.29, 0.717) is 17.8 Å². The van der Waals surface area contributed by atoms with Crippen molar-refractivity contribution in [3.63, 3.8) is 0 Å². The molecule has 0 spiro atoms. The number of benzene rings is 1. The zero-order valence-electron chi connectivity index (χ0n) is 10.6. The van der Waals surface area contributed by atoms with Gasteiger partial charge in [0.2, 0.25) is 0 Å². The maximum Gasteiger partial charge on any atom is 0.313 e. The topological polar surface area (TPSA) is 78.4 Å². The molecule has 2 amide bonds. The number of hydrogen-bond acceptors (Lipinski definition) is 3. The molecule has 0 unspecified atom stereocenters.